The molecular weight excluding hydrogens is 322 g/mol. The summed E-state index contributed by atoms with van der Waals surface area (Å²) in [5.74, 6) is 0.654. The number of aryl methyl sites for hydroxylation is 2. The fourth-order valence-electron chi connectivity index (χ4n) is 2.37. The van der Waals surface area contributed by atoms with Crippen LogP contribution in [0.3, 0.4) is 0 Å². The molecule has 2 heterocycles. The van der Waals surface area contributed by atoms with Crippen LogP contribution in [-0.4, -0.2) is 20.8 Å². The molecule has 24 heavy (non-hydrogen) atoms. The first-order chi connectivity index (χ1) is 11.5. The van der Waals surface area contributed by atoms with E-state index in [1.807, 2.05) is 55.6 Å². The Balaban J connectivity index is 1.64. The van der Waals surface area contributed by atoms with Gasteiger partial charge in [-0.15, -0.1) is 11.3 Å². The van der Waals surface area contributed by atoms with Crippen molar-refractivity contribution in [2.75, 3.05) is 5.32 Å². The number of thiazole rings is 1. The number of urea groups is 1. The summed E-state index contributed by atoms with van der Waals surface area (Å²) in [4.78, 5) is 16.8. The molecule has 0 bridgehead atoms. The molecule has 0 saturated carbocycles. The van der Waals surface area contributed by atoms with Gasteiger partial charge in [0.1, 0.15) is 10.8 Å². The van der Waals surface area contributed by atoms with Gasteiger partial charge in [0.2, 0.25) is 0 Å². The summed E-state index contributed by atoms with van der Waals surface area (Å²) in [6.45, 7) is 3.80. The number of nitrogens with zero attached hydrogens (tertiary/aromatic N) is 3. The fraction of sp³-hybridized carbons (Fsp3) is 0.235. The molecular formula is C17H19N5OS. The average Bonchev–Trinajstić information content (AvgIpc) is 3.15. The van der Waals surface area contributed by atoms with E-state index >= 15 is 0 Å². The molecule has 0 aliphatic carbocycles. The predicted molar refractivity (Wildman–Crippen MR) is 96.1 cm³/mol. The molecule has 0 spiro atoms. The van der Waals surface area contributed by atoms with Crippen LogP contribution in [0.15, 0.2) is 41.8 Å². The number of carbonyl (C=O) groups excluding carboxylic acids is 1. The van der Waals surface area contributed by atoms with Crippen molar-refractivity contribution in [3.63, 3.8) is 0 Å². The second kappa shape index (κ2) is 6.84. The third-order valence-electron chi connectivity index (χ3n) is 3.55. The molecule has 1 atom stereocenters. The van der Waals surface area contributed by atoms with Crippen molar-refractivity contribution in [3.05, 3.63) is 52.5 Å². The predicted octanol–water partition coefficient (Wildman–Crippen LogP) is 3.73. The van der Waals surface area contributed by atoms with Gasteiger partial charge in [-0.2, -0.15) is 5.10 Å². The molecule has 0 aliphatic rings. The summed E-state index contributed by atoms with van der Waals surface area (Å²) in [5, 5.41) is 12.8. The first-order valence-corrected chi connectivity index (χ1v) is 8.50. The van der Waals surface area contributed by atoms with Gasteiger partial charge in [-0.1, -0.05) is 30.3 Å². The van der Waals surface area contributed by atoms with Gasteiger partial charge < -0.3 is 5.32 Å². The quantitative estimate of drug-likeness (QED) is 0.759. The molecule has 2 aromatic heterocycles. The van der Waals surface area contributed by atoms with Crippen LogP contribution in [0.2, 0.25) is 0 Å². The Kier molecular flexibility index (Phi) is 4.61. The second-order valence-electron chi connectivity index (χ2n) is 5.55. The average molecular weight is 341 g/mol. The highest BCUT2D eigenvalue weighted by Gasteiger charge is 2.15. The number of benzene rings is 1. The summed E-state index contributed by atoms with van der Waals surface area (Å²) < 4.78 is 1.64. The van der Waals surface area contributed by atoms with Gasteiger partial charge >= 0.3 is 6.03 Å². The number of amides is 2. The minimum atomic E-state index is -0.276. The second-order valence-corrected chi connectivity index (χ2v) is 6.44. The topological polar surface area (TPSA) is 71.8 Å². The highest BCUT2D eigenvalue weighted by molar-refractivity contribution is 7.10. The summed E-state index contributed by atoms with van der Waals surface area (Å²) in [6.07, 6.45) is 0. The van der Waals surface area contributed by atoms with E-state index < -0.39 is 0 Å². The largest absolute Gasteiger partial charge is 0.329 e. The first kappa shape index (κ1) is 16.2. The Labute approximate surface area is 144 Å². The molecule has 0 aliphatic heterocycles. The normalized spacial score (nSPS) is 12.0. The summed E-state index contributed by atoms with van der Waals surface area (Å²) in [5.41, 5.74) is 2.85. The maximum Gasteiger partial charge on any atom is 0.320 e. The van der Waals surface area contributed by atoms with E-state index in [-0.39, 0.29) is 12.1 Å². The molecule has 3 rings (SSSR count). The van der Waals surface area contributed by atoms with Gasteiger partial charge in [0.25, 0.3) is 0 Å². The van der Waals surface area contributed by atoms with Crippen molar-refractivity contribution < 1.29 is 4.79 Å². The number of anilines is 1. The summed E-state index contributed by atoms with van der Waals surface area (Å²) in [7, 11) is 1.79. The Morgan fingerprint density at radius 3 is 2.71 bits per heavy atom. The van der Waals surface area contributed by atoms with Crippen LogP contribution in [0.5, 0.6) is 0 Å². The fourth-order valence-corrected chi connectivity index (χ4v) is 3.20. The van der Waals surface area contributed by atoms with E-state index in [1.54, 1.807) is 11.7 Å². The van der Waals surface area contributed by atoms with Crippen LogP contribution in [-0.2, 0) is 7.05 Å². The van der Waals surface area contributed by atoms with E-state index in [2.05, 4.69) is 20.7 Å². The van der Waals surface area contributed by atoms with Crippen molar-refractivity contribution in [1.82, 2.24) is 20.1 Å². The third kappa shape index (κ3) is 3.62. The van der Waals surface area contributed by atoms with E-state index in [4.69, 9.17) is 0 Å². The van der Waals surface area contributed by atoms with Crippen LogP contribution in [0, 0.1) is 6.92 Å². The third-order valence-corrected chi connectivity index (χ3v) is 4.58. The number of hydrogen-bond donors (Lipinski definition) is 2. The zero-order chi connectivity index (χ0) is 17.1. The number of nitrogens with one attached hydrogen (secondary N) is 2. The lowest BCUT2D eigenvalue weighted by Gasteiger charge is -2.12. The van der Waals surface area contributed by atoms with Gasteiger partial charge in [0, 0.05) is 24.1 Å². The number of aromatic nitrogens is 3. The standard InChI is InChI=1S/C17H19N5OS/c1-11-9-15(22(3)21-11)20-17(23)18-12(2)16-19-14(10-24-16)13-7-5-4-6-8-13/h4-10,12H,1-3H3,(H2,18,20,23). The van der Waals surface area contributed by atoms with Gasteiger partial charge in [-0.25, -0.2) is 9.78 Å². The van der Waals surface area contributed by atoms with Gasteiger partial charge in [-0.05, 0) is 13.8 Å². The van der Waals surface area contributed by atoms with Gasteiger partial charge in [0.15, 0.2) is 0 Å². The van der Waals surface area contributed by atoms with E-state index in [9.17, 15) is 4.79 Å². The van der Waals surface area contributed by atoms with Crippen molar-refractivity contribution in [2.45, 2.75) is 19.9 Å². The van der Waals surface area contributed by atoms with Crippen LogP contribution in [0.4, 0.5) is 10.6 Å². The van der Waals surface area contributed by atoms with E-state index in [1.165, 1.54) is 11.3 Å². The highest BCUT2D eigenvalue weighted by atomic mass is 32.1. The molecule has 3 aromatic rings. The molecule has 0 saturated heterocycles. The minimum absolute atomic E-state index is 0.179. The summed E-state index contributed by atoms with van der Waals surface area (Å²) in [6, 6.07) is 11.4. The van der Waals surface area contributed by atoms with Crippen molar-refractivity contribution >= 4 is 23.2 Å². The first-order valence-electron chi connectivity index (χ1n) is 7.62. The maximum atomic E-state index is 12.1. The smallest absolute Gasteiger partial charge is 0.320 e. The molecule has 1 aromatic carbocycles. The SMILES string of the molecule is Cc1cc(NC(=O)NC(C)c2nc(-c3ccccc3)cs2)n(C)n1. The zero-order valence-electron chi connectivity index (χ0n) is 13.8. The highest BCUT2D eigenvalue weighted by Crippen LogP contribution is 2.25. The monoisotopic (exact) mass is 341 g/mol. The lowest BCUT2D eigenvalue weighted by Crippen LogP contribution is -2.31. The summed E-state index contributed by atoms with van der Waals surface area (Å²) >= 11 is 1.54. The van der Waals surface area contributed by atoms with E-state index in [0.29, 0.717) is 5.82 Å². The van der Waals surface area contributed by atoms with Gasteiger partial charge in [-0.3, -0.25) is 10.00 Å². The molecule has 124 valence electrons. The Morgan fingerprint density at radius 1 is 1.29 bits per heavy atom. The van der Waals surface area contributed by atoms with Crippen molar-refractivity contribution in [3.8, 4) is 11.3 Å². The number of hydrogen-bond acceptors (Lipinski definition) is 4. The Hall–Kier alpha value is -2.67. The van der Waals surface area contributed by atoms with Crippen LogP contribution in [0.25, 0.3) is 11.3 Å². The molecule has 1 unspecified atom stereocenters. The van der Waals surface area contributed by atoms with Gasteiger partial charge in [0.05, 0.1) is 17.4 Å². The Bertz CT molecular complexity index is 840. The van der Waals surface area contributed by atoms with Crippen LogP contribution >= 0.6 is 11.3 Å². The minimum Gasteiger partial charge on any atom is -0.329 e. The van der Waals surface area contributed by atoms with Crippen LogP contribution in [0.1, 0.15) is 23.7 Å². The molecule has 6 nitrogen and oxygen atoms in total. The molecule has 2 N–H and O–H groups in total. The zero-order valence-corrected chi connectivity index (χ0v) is 14.6. The molecule has 2 amide bonds. The lowest BCUT2D eigenvalue weighted by atomic mass is 10.2. The Morgan fingerprint density at radius 2 is 2.04 bits per heavy atom. The number of rotatable bonds is 4. The van der Waals surface area contributed by atoms with Crippen molar-refractivity contribution in [2.24, 2.45) is 7.05 Å². The molecule has 0 radical (unpaired) electrons. The lowest BCUT2D eigenvalue weighted by molar-refractivity contribution is 0.249. The van der Waals surface area contributed by atoms with Crippen molar-refractivity contribution in [1.29, 1.82) is 0 Å². The van der Waals surface area contributed by atoms with E-state index in [0.717, 1.165) is 22.0 Å². The molecule has 7 heteroatoms. The maximum absolute atomic E-state index is 12.1. The molecule has 0 fully saturated rings. The number of carbonyl (C=O) groups is 1. The van der Waals surface area contributed by atoms with Crippen LogP contribution < -0.4 is 10.6 Å².